The number of hydrogen-bond acceptors (Lipinski definition) is 4. The van der Waals surface area contributed by atoms with Gasteiger partial charge in [0, 0.05) is 11.8 Å². The molecule has 0 aliphatic heterocycles. The van der Waals surface area contributed by atoms with E-state index in [1.807, 2.05) is 6.92 Å². The first kappa shape index (κ1) is 13.1. The van der Waals surface area contributed by atoms with Crippen LogP contribution in [0.5, 0.6) is 5.75 Å². The van der Waals surface area contributed by atoms with Crippen molar-refractivity contribution < 1.29 is 9.53 Å². The van der Waals surface area contributed by atoms with E-state index in [1.165, 1.54) is 0 Å². The van der Waals surface area contributed by atoms with Crippen LogP contribution in [0.25, 0.3) is 0 Å². The zero-order valence-corrected chi connectivity index (χ0v) is 10.8. The highest BCUT2D eigenvalue weighted by Gasteiger charge is 2.13. The summed E-state index contributed by atoms with van der Waals surface area (Å²) in [5.74, 6) is 0.576. The van der Waals surface area contributed by atoms with Crippen molar-refractivity contribution in [1.29, 1.82) is 0 Å². The fourth-order valence-electron chi connectivity index (χ4n) is 1.67. The third kappa shape index (κ3) is 3.10. The number of carbonyl (C=O) groups is 1. The van der Waals surface area contributed by atoms with Gasteiger partial charge >= 0.3 is 0 Å². The minimum atomic E-state index is -0.180. The number of nitrogen functional groups attached to an aromatic ring is 1. The van der Waals surface area contributed by atoms with Crippen LogP contribution in [0, 0.1) is 0 Å². The summed E-state index contributed by atoms with van der Waals surface area (Å²) in [6, 6.07) is 10.4. The molecular weight excluding hydrogens is 240 g/mol. The van der Waals surface area contributed by atoms with Crippen molar-refractivity contribution in [2.75, 3.05) is 12.3 Å². The van der Waals surface area contributed by atoms with Gasteiger partial charge in [-0.2, -0.15) is 0 Å². The zero-order chi connectivity index (χ0) is 13.7. The number of rotatable bonds is 5. The lowest BCUT2D eigenvalue weighted by atomic mass is 10.1. The third-order valence-corrected chi connectivity index (χ3v) is 2.64. The lowest BCUT2D eigenvalue weighted by Gasteiger charge is -2.06. The highest BCUT2D eigenvalue weighted by molar-refractivity contribution is 6.10. The summed E-state index contributed by atoms with van der Waals surface area (Å²) in [4.78, 5) is 16.2. The lowest BCUT2D eigenvalue weighted by Crippen LogP contribution is -2.07. The summed E-state index contributed by atoms with van der Waals surface area (Å²) in [6.45, 7) is 2.71. The van der Waals surface area contributed by atoms with Crippen LogP contribution >= 0.6 is 0 Å². The van der Waals surface area contributed by atoms with Gasteiger partial charge in [-0.3, -0.25) is 9.78 Å². The van der Waals surface area contributed by atoms with Gasteiger partial charge in [-0.15, -0.1) is 0 Å². The normalized spacial score (nSPS) is 10.2. The largest absolute Gasteiger partial charge is 0.494 e. The van der Waals surface area contributed by atoms with Gasteiger partial charge in [-0.25, -0.2) is 0 Å². The molecule has 0 bridgehead atoms. The molecule has 0 fully saturated rings. The number of anilines is 1. The number of ketones is 1. The number of aromatic nitrogens is 1. The van der Waals surface area contributed by atoms with Crippen LogP contribution in [0.3, 0.4) is 0 Å². The molecule has 2 N–H and O–H groups in total. The molecule has 1 heterocycles. The fraction of sp³-hybridized carbons (Fsp3) is 0.200. The van der Waals surface area contributed by atoms with Crippen LogP contribution in [0.15, 0.2) is 42.6 Å². The maximum absolute atomic E-state index is 12.2. The molecule has 0 radical (unpaired) electrons. The summed E-state index contributed by atoms with van der Waals surface area (Å²) in [7, 11) is 0. The van der Waals surface area contributed by atoms with Gasteiger partial charge in [0.25, 0.3) is 0 Å². The minimum absolute atomic E-state index is 0.180. The molecule has 19 heavy (non-hydrogen) atoms. The number of benzene rings is 1. The Balaban J connectivity index is 2.18. The molecule has 0 aliphatic rings. The molecule has 2 aromatic rings. The van der Waals surface area contributed by atoms with Crippen molar-refractivity contribution in [2.45, 2.75) is 13.3 Å². The Hall–Kier alpha value is -2.36. The van der Waals surface area contributed by atoms with Crippen LogP contribution in [-0.4, -0.2) is 17.4 Å². The van der Waals surface area contributed by atoms with Crippen molar-refractivity contribution in [1.82, 2.24) is 4.98 Å². The fourth-order valence-corrected chi connectivity index (χ4v) is 1.67. The Morgan fingerprint density at radius 1 is 1.26 bits per heavy atom. The Kier molecular flexibility index (Phi) is 4.13. The predicted molar refractivity (Wildman–Crippen MR) is 74.3 cm³/mol. The van der Waals surface area contributed by atoms with Crippen molar-refractivity contribution in [3.63, 3.8) is 0 Å². The number of nitrogens with zero attached hydrogens (tertiary/aromatic N) is 1. The Morgan fingerprint density at radius 2 is 2.00 bits per heavy atom. The van der Waals surface area contributed by atoms with Crippen molar-refractivity contribution >= 4 is 11.5 Å². The second-order valence-corrected chi connectivity index (χ2v) is 4.14. The summed E-state index contributed by atoms with van der Waals surface area (Å²) in [6.07, 6.45) is 2.51. The van der Waals surface area contributed by atoms with E-state index in [2.05, 4.69) is 4.98 Å². The first-order valence-corrected chi connectivity index (χ1v) is 6.20. The highest BCUT2D eigenvalue weighted by atomic mass is 16.5. The van der Waals surface area contributed by atoms with Crippen LogP contribution in [0.1, 0.15) is 29.4 Å². The standard InChI is InChI=1S/C15H16N2O2/c1-2-10-19-12-7-5-11(6-8-12)15(18)14-13(16)4-3-9-17-14/h3-9H,2,10,16H2,1H3. The van der Waals surface area contributed by atoms with Gasteiger partial charge in [0.2, 0.25) is 5.78 Å². The lowest BCUT2D eigenvalue weighted by molar-refractivity contribution is 0.103. The molecule has 1 aromatic carbocycles. The van der Waals surface area contributed by atoms with Gasteiger partial charge < -0.3 is 10.5 Å². The summed E-state index contributed by atoms with van der Waals surface area (Å²) < 4.78 is 5.47. The van der Waals surface area contributed by atoms with Gasteiger partial charge in [0.1, 0.15) is 11.4 Å². The summed E-state index contributed by atoms with van der Waals surface area (Å²) >= 11 is 0. The van der Waals surface area contributed by atoms with E-state index in [0.29, 0.717) is 17.9 Å². The molecular formula is C15H16N2O2. The molecule has 4 nitrogen and oxygen atoms in total. The molecule has 0 unspecified atom stereocenters. The predicted octanol–water partition coefficient (Wildman–Crippen LogP) is 2.68. The van der Waals surface area contributed by atoms with E-state index < -0.39 is 0 Å². The van der Waals surface area contributed by atoms with Crippen LogP contribution in [-0.2, 0) is 0 Å². The SMILES string of the molecule is CCCOc1ccc(C(=O)c2ncccc2N)cc1. The molecule has 4 heteroatoms. The zero-order valence-electron chi connectivity index (χ0n) is 10.8. The number of ether oxygens (including phenoxy) is 1. The molecule has 0 amide bonds. The maximum Gasteiger partial charge on any atom is 0.213 e. The van der Waals surface area contributed by atoms with E-state index in [1.54, 1.807) is 42.6 Å². The van der Waals surface area contributed by atoms with Crippen LogP contribution < -0.4 is 10.5 Å². The van der Waals surface area contributed by atoms with Crippen molar-refractivity contribution in [3.8, 4) is 5.75 Å². The van der Waals surface area contributed by atoms with E-state index in [-0.39, 0.29) is 11.5 Å². The van der Waals surface area contributed by atoms with E-state index in [9.17, 15) is 4.79 Å². The third-order valence-electron chi connectivity index (χ3n) is 2.64. The molecule has 2 rings (SSSR count). The van der Waals surface area contributed by atoms with E-state index in [4.69, 9.17) is 10.5 Å². The number of nitrogens with two attached hydrogens (primary N) is 1. The monoisotopic (exact) mass is 256 g/mol. The number of carbonyl (C=O) groups excluding carboxylic acids is 1. The first-order chi connectivity index (χ1) is 9.22. The van der Waals surface area contributed by atoms with Crippen LogP contribution in [0.2, 0.25) is 0 Å². The van der Waals surface area contributed by atoms with Gasteiger partial charge in [0.15, 0.2) is 0 Å². The first-order valence-electron chi connectivity index (χ1n) is 6.20. The van der Waals surface area contributed by atoms with Gasteiger partial charge in [-0.1, -0.05) is 6.92 Å². The molecule has 0 saturated heterocycles. The maximum atomic E-state index is 12.2. The summed E-state index contributed by atoms with van der Waals surface area (Å²) in [5.41, 5.74) is 6.97. The minimum Gasteiger partial charge on any atom is -0.494 e. The highest BCUT2D eigenvalue weighted by Crippen LogP contribution is 2.17. The second kappa shape index (κ2) is 6.00. The van der Waals surface area contributed by atoms with Crippen molar-refractivity contribution in [2.24, 2.45) is 0 Å². The topological polar surface area (TPSA) is 65.2 Å². The number of hydrogen-bond donors (Lipinski definition) is 1. The second-order valence-electron chi connectivity index (χ2n) is 4.14. The summed E-state index contributed by atoms with van der Waals surface area (Å²) in [5, 5.41) is 0. The van der Waals surface area contributed by atoms with Crippen LogP contribution in [0.4, 0.5) is 5.69 Å². The van der Waals surface area contributed by atoms with Gasteiger partial charge in [-0.05, 0) is 42.8 Å². The Bertz CT molecular complexity index is 565. The Morgan fingerprint density at radius 3 is 2.63 bits per heavy atom. The van der Waals surface area contributed by atoms with Crippen molar-refractivity contribution in [3.05, 3.63) is 53.9 Å². The van der Waals surface area contributed by atoms with E-state index in [0.717, 1.165) is 12.2 Å². The molecule has 0 saturated carbocycles. The average Bonchev–Trinajstić information content (AvgIpc) is 2.45. The van der Waals surface area contributed by atoms with Gasteiger partial charge in [0.05, 0.1) is 12.3 Å². The smallest absolute Gasteiger partial charge is 0.213 e. The molecule has 98 valence electrons. The molecule has 1 aromatic heterocycles. The number of pyridine rings is 1. The average molecular weight is 256 g/mol. The Labute approximate surface area is 112 Å². The molecule has 0 spiro atoms. The molecule has 0 atom stereocenters. The molecule has 0 aliphatic carbocycles. The quantitative estimate of drug-likeness (QED) is 0.835. The van der Waals surface area contributed by atoms with E-state index >= 15 is 0 Å².